The zero-order valence-corrected chi connectivity index (χ0v) is 8.67. The van der Waals surface area contributed by atoms with E-state index >= 15 is 0 Å². The Bertz CT molecular complexity index is 372. The third-order valence-corrected chi connectivity index (χ3v) is 1.98. The van der Waals surface area contributed by atoms with Gasteiger partial charge in [0.1, 0.15) is 12.4 Å². The second kappa shape index (κ2) is 5.01. The van der Waals surface area contributed by atoms with Crippen molar-refractivity contribution in [2.75, 3.05) is 6.61 Å². The molecular weight excluding hydrogens is 221 g/mol. The number of Topliss-reactive ketones (excluding diaryl/α,β-unsaturated/α-hetero) is 1. The van der Waals surface area contributed by atoms with E-state index in [1.54, 1.807) is 6.92 Å². The number of alkyl halides is 3. The van der Waals surface area contributed by atoms with E-state index in [0.717, 1.165) is 6.07 Å². The minimum Gasteiger partial charge on any atom is -0.485 e. The summed E-state index contributed by atoms with van der Waals surface area (Å²) < 4.78 is 42.3. The van der Waals surface area contributed by atoms with Gasteiger partial charge in [0.25, 0.3) is 0 Å². The van der Waals surface area contributed by atoms with E-state index in [1.165, 1.54) is 18.2 Å². The van der Waals surface area contributed by atoms with Crippen LogP contribution in [0.15, 0.2) is 24.3 Å². The number of benzene rings is 1. The van der Waals surface area contributed by atoms with E-state index in [1.807, 2.05) is 0 Å². The molecule has 0 saturated heterocycles. The Labute approximate surface area is 91.0 Å². The van der Waals surface area contributed by atoms with Crippen molar-refractivity contribution in [3.63, 3.8) is 0 Å². The first kappa shape index (κ1) is 12.5. The highest BCUT2D eigenvalue weighted by molar-refractivity contribution is 5.79. The van der Waals surface area contributed by atoms with Gasteiger partial charge in [-0.3, -0.25) is 4.79 Å². The number of para-hydroxylation sites is 1. The first-order valence-electron chi connectivity index (χ1n) is 4.76. The minimum absolute atomic E-state index is 0.239. The minimum atomic E-state index is -4.47. The topological polar surface area (TPSA) is 26.3 Å². The van der Waals surface area contributed by atoms with E-state index in [0.29, 0.717) is 0 Å². The number of halogens is 3. The van der Waals surface area contributed by atoms with Crippen LogP contribution in [-0.4, -0.2) is 12.4 Å². The van der Waals surface area contributed by atoms with Crippen LogP contribution in [0.4, 0.5) is 13.2 Å². The van der Waals surface area contributed by atoms with Crippen LogP contribution in [0.2, 0.25) is 0 Å². The summed E-state index contributed by atoms with van der Waals surface area (Å²) in [5.41, 5.74) is -0.862. The molecule has 0 spiro atoms. The van der Waals surface area contributed by atoms with Crippen molar-refractivity contribution in [3.8, 4) is 5.75 Å². The largest absolute Gasteiger partial charge is 0.485 e. The molecule has 0 atom stereocenters. The van der Waals surface area contributed by atoms with E-state index < -0.39 is 11.7 Å². The maximum Gasteiger partial charge on any atom is 0.419 e. The Hall–Kier alpha value is -1.52. The lowest BCUT2D eigenvalue weighted by Crippen LogP contribution is -2.13. The Balaban J connectivity index is 2.84. The normalized spacial score (nSPS) is 11.2. The molecule has 0 aliphatic carbocycles. The summed E-state index contributed by atoms with van der Waals surface area (Å²) in [5.74, 6) is -0.547. The van der Waals surface area contributed by atoms with E-state index in [4.69, 9.17) is 4.74 Å². The van der Waals surface area contributed by atoms with Crippen molar-refractivity contribution in [2.24, 2.45) is 0 Å². The predicted molar refractivity (Wildman–Crippen MR) is 52.2 cm³/mol. The summed E-state index contributed by atoms with van der Waals surface area (Å²) in [6, 6.07) is 4.83. The van der Waals surface area contributed by atoms with Crippen LogP contribution >= 0.6 is 0 Å². The van der Waals surface area contributed by atoms with Crippen molar-refractivity contribution in [1.29, 1.82) is 0 Å². The molecule has 0 aliphatic heterocycles. The molecule has 0 bridgehead atoms. The molecule has 0 N–H and O–H groups in total. The third kappa shape index (κ3) is 3.25. The fraction of sp³-hybridized carbons (Fsp3) is 0.364. The first-order valence-corrected chi connectivity index (χ1v) is 4.76. The van der Waals surface area contributed by atoms with Gasteiger partial charge in [-0.1, -0.05) is 19.1 Å². The van der Waals surface area contributed by atoms with Gasteiger partial charge in [-0.15, -0.1) is 0 Å². The smallest absolute Gasteiger partial charge is 0.419 e. The lowest BCUT2D eigenvalue weighted by molar-refractivity contribution is -0.139. The van der Waals surface area contributed by atoms with Gasteiger partial charge in [-0.2, -0.15) is 13.2 Å². The van der Waals surface area contributed by atoms with Gasteiger partial charge in [0.15, 0.2) is 5.78 Å². The molecule has 0 aliphatic rings. The average Bonchev–Trinajstić information content (AvgIpc) is 2.25. The number of hydrogen-bond donors (Lipinski definition) is 0. The van der Waals surface area contributed by atoms with E-state index in [-0.39, 0.29) is 24.6 Å². The van der Waals surface area contributed by atoms with Crippen LogP contribution in [0.1, 0.15) is 18.9 Å². The lowest BCUT2D eigenvalue weighted by Gasteiger charge is -2.12. The maximum atomic E-state index is 12.5. The van der Waals surface area contributed by atoms with Crippen LogP contribution in [0, 0.1) is 0 Å². The number of hydrogen-bond acceptors (Lipinski definition) is 2. The van der Waals surface area contributed by atoms with Crippen LogP contribution in [-0.2, 0) is 11.0 Å². The third-order valence-electron chi connectivity index (χ3n) is 1.98. The monoisotopic (exact) mass is 232 g/mol. The second-order valence-corrected chi connectivity index (χ2v) is 3.17. The number of ketones is 1. The SMILES string of the molecule is CCC(=O)COc1ccccc1C(F)(F)F. The molecule has 1 aromatic rings. The summed E-state index contributed by atoms with van der Waals surface area (Å²) >= 11 is 0. The first-order chi connectivity index (χ1) is 7.45. The molecule has 0 unspecified atom stereocenters. The summed E-state index contributed by atoms with van der Waals surface area (Å²) in [5, 5.41) is 0. The Morgan fingerprint density at radius 2 is 1.94 bits per heavy atom. The van der Waals surface area contributed by atoms with Gasteiger partial charge in [0, 0.05) is 6.42 Å². The molecule has 0 heterocycles. The quantitative estimate of drug-likeness (QED) is 0.797. The molecular formula is C11H11F3O2. The molecule has 0 saturated carbocycles. The Morgan fingerprint density at radius 3 is 2.50 bits per heavy atom. The average molecular weight is 232 g/mol. The highest BCUT2D eigenvalue weighted by Gasteiger charge is 2.34. The molecule has 1 rings (SSSR count). The van der Waals surface area contributed by atoms with Crippen molar-refractivity contribution in [2.45, 2.75) is 19.5 Å². The second-order valence-electron chi connectivity index (χ2n) is 3.17. The van der Waals surface area contributed by atoms with Crippen molar-refractivity contribution >= 4 is 5.78 Å². The van der Waals surface area contributed by atoms with Crippen molar-refractivity contribution in [1.82, 2.24) is 0 Å². The molecule has 0 aromatic heterocycles. The molecule has 0 amide bonds. The molecule has 0 radical (unpaired) electrons. The predicted octanol–water partition coefficient (Wildman–Crippen LogP) is 3.06. The maximum absolute atomic E-state index is 12.5. The van der Waals surface area contributed by atoms with Gasteiger partial charge >= 0.3 is 6.18 Å². The van der Waals surface area contributed by atoms with Crippen molar-refractivity contribution < 1.29 is 22.7 Å². The number of ether oxygens (including phenoxy) is 1. The van der Waals surface area contributed by atoms with E-state index in [2.05, 4.69) is 0 Å². The number of carbonyl (C=O) groups is 1. The summed E-state index contributed by atoms with van der Waals surface area (Å²) in [4.78, 5) is 10.9. The summed E-state index contributed by atoms with van der Waals surface area (Å²) in [6.07, 6.45) is -4.22. The highest BCUT2D eigenvalue weighted by atomic mass is 19.4. The Morgan fingerprint density at radius 1 is 1.31 bits per heavy atom. The Kier molecular flexibility index (Phi) is 3.93. The van der Waals surface area contributed by atoms with Crippen molar-refractivity contribution in [3.05, 3.63) is 29.8 Å². The molecule has 16 heavy (non-hydrogen) atoms. The van der Waals surface area contributed by atoms with Crippen LogP contribution < -0.4 is 4.74 Å². The van der Waals surface area contributed by atoms with E-state index in [9.17, 15) is 18.0 Å². The summed E-state index contributed by atoms with van der Waals surface area (Å²) in [7, 11) is 0. The van der Waals surface area contributed by atoms with Crippen LogP contribution in [0.5, 0.6) is 5.75 Å². The highest BCUT2D eigenvalue weighted by Crippen LogP contribution is 2.35. The number of rotatable bonds is 4. The number of carbonyl (C=O) groups excluding carboxylic acids is 1. The molecule has 0 fully saturated rings. The summed E-state index contributed by atoms with van der Waals surface area (Å²) in [6.45, 7) is 1.30. The van der Waals surface area contributed by atoms with Gasteiger partial charge in [-0.05, 0) is 12.1 Å². The molecule has 88 valence electrons. The van der Waals surface area contributed by atoms with Crippen LogP contribution in [0.3, 0.4) is 0 Å². The zero-order chi connectivity index (χ0) is 12.2. The van der Waals surface area contributed by atoms with Gasteiger partial charge in [0.05, 0.1) is 5.56 Å². The fourth-order valence-electron chi connectivity index (χ4n) is 1.09. The molecule has 5 heteroatoms. The van der Waals surface area contributed by atoms with Gasteiger partial charge in [0.2, 0.25) is 0 Å². The molecule has 1 aromatic carbocycles. The zero-order valence-electron chi connectivity index (χ0n) is 8.67. The lowest BCUT2D eigenvalue weighted by atomic mass is 10.2. The fourth-order valence-corrected chi connectivity index (χ4v) is 1.09. The van der Waals surface area contributed by atoms with Gasteiger partial charge in [-0.25, -0.2) is 0 Å². The van der Waals surface area contributed by atoms with Crippen LogP contribution in [0.25, 0.3) is 0 Å². The molecule has 2 nitrogen and oxygen atoms in total. The standard InChI is InChI=1S/C11H11F3O2/c1-2-8(15)7-16-10-6-4-3-5-9(10)11(12,13)14/h3-6H,2,7H2,1H3. The van der Waals surface area contributed by atoms with Gasteiger partial charge < -0.3 is 4.74 Å².